The second-order valence-electron chi connectivity index (χ2n) is 3.13. The first kappa shape index (κ1) is 14.9. The summed E-state index contributed by atoms with van der Waals surface area (Å²) in [6.07, 6.45) is -5.03. The molecule has 106 valence electrons. The fourth-order valence-electron chi connectivity index (χ4n) is 1.14. The molecular formula is C10H10F3NO5. The molecule has 0 amide bonds. The summed E-state index contributed by atoms with van der Waals surface area (Å²) < 4.78 is 49.1. The minimum atomic E-state index is -5.03. The van der Waals surface area contributed by atoms with E-state index in [0.717, 1.165) is 7.11 Å². The number of carbonyl (C=O) groups is 1. The van der Waals surface area contributed by atoms with Gasteiger partial charge in [0, 0.05) is 6.07 Å². The van der Waals surface area contributed by atoms with Crippen molar-refractivity contribution < 1.29 is 37.3 Å². The van der Waals surface area contributed by atoms with Crippen molar-refractivity contribution in [2.45, 2.75) is 13.3 Å². The molecule has 0 saturated carbocycles. The third-order valence-corrected chi connectivity index (χ3v) is 1.84. The Kier molecular flexibility index (Phi) is 4.41. The van der Waals surface area contributed by atoms with E-state index in [4.69, 9.17) is 0 Å². The van der Waals surface area contributed by atoms with Crippen LogP contribution < -0.4 is 9.47 Å². The number of aromatic nitrogens is 1. The second kappa shape index (κ2) is 5.63. The normalized spacial score (nSPS) is 11.0. The highest BCUT2D eigenvalue weighted by Crippen LogP contribution is 2.36. The molecule has 1 aromatic heterocycles. The SMILES string of the molecule is CCOC(=O)c1nc(OC)cc(OC(F)(F)F)c1O. The molecule has 1 rings (SSSR count). The lowest BCUT2D eigenvalue weighted by atomic mass is 10.3. The Morgan fingerprint density at radius 1 is 1.47 bits per heavy atom. The zero-order chi connectivity index (χ0) is 14.6. The first-order valence-electron chi connectivity index (χ1n) is 4.99. The molecule has 0 bridgehead atoms. The molecule has 0 unspecified atom stereocenters. The van der Waals surface area contributed by atoms with Gasteiger partial charge in [0.2, 0.25) is 5.88 Å². The van der Waals surface area contributed by atoms with Crippen LogP contribution in [0.5, 0.6) is 17.4 Å². The number of rotatable bonds is 4. The lowest BCUT2D eigenvalue weighted by Gasteiger charge is -2.13. The van der Waals surface area contributed by atoms with Gasteiger partial charge in [-0.1, -0.05) is 0 Å². The molecule has 9 heteroatoms. The van der Waals surface area contributed by atoms with Crippen LogP contribution in [0, 0.1) is 0 Å². The number of halogens is 3. The number of alkyl halides is 3. The summed E-state index contributed by atoms with van der Waals surface area (Å²) in [7, 11) is 1.13. The van der Waals surface area contributed by atoms with Crippen LogP contribution in [0.15, 0.2) is 6.07 Å². The zero-order valence-corrected chi connectivity index (χ0v) is 9.95. The van der Waals surface area contributed by atoms with Crippen molar-refractivity contribution in [3.05, 3.63) is 11.8 Å². The first-order chi connectivity index (χ1) is 8.78. The van der Waals surface area contributed by atoms with E-state index in [1.54, 1.807) is 0 Å². The van der Waals surface area contributed by atoms with Crippen LogP contribution >= 0.6 is 0 Å². The van der Waals surface area contributed by atoms with Crippen LogP contribution in [0.2, 0.25) is 0 Å². The summed E-state index contributed by atoms with van der Waals surface area (Å²) in [5, 5.41) is 9.53. The minimum absolute atomic E-state index is 0.0351. The van der Waals surface area contributed by atoms with Gasteiger partial charge in [-0.3, -0.25) is 0 Å². The predicted octanol–water partition coefficient (Wildman–Crippen LogP) is 1.87. The molecule has 0 aliphatic heterocycles. The van der Waals surface area contributed by atoms with Crippen LogP contribution in [0.1, 0.15) is 17.4 Å². The van der Waals surface area contributed by atoms with Crippen molar-refractivity contribution in [1.29, 1.82) is 0 Å². The van der Waals surface area contributed by atoms with Crippen LogP contribution in [0.25, 0.3) is 0 Å². The van der Waals surface area contributed by atoms with Gasteiger partial charge in [0.1, 0.15) is 0 Å². The Morgan fingerprint density at radius 2 is 2.11 bits per heavy atom. The quantitative estimate of drug-likeness (QED) is 0.849. The standard InChI is InChI=1S/C10H10F3NO5/c1-3-18-9(16)7-8(15)5(19-10(11,12)13)4-6(14-7)17-2/h4,15H,3H2,1-2H3. The fourth-order valence-corrected chi connectivity index (χ4v) is 1.14. The van der Waals surface area contributed by atoms with Gasteiger partial charge in [0.25, 0.3) is 0 Å². The maximum absolute atomic E-state index is 12.1. The van der Waals surface area contributed by atoms with Gasteiger partial charge < -0.3 is 19.3 Å². The van der Waals surface area contributed by atoms with E-state index in [0.29, 0.717) is 6.07 Å². The highest BCUT2D eigenvalue weighted by atomic mass is 19.4. The van der Waals surface area contributed by atoms with Gasteiger partial charge >= 0.3 is 12.3 Å². The van der Waals surface area contributed by atoms with E-state index < -0.39 is 29.5 Å². The molecule has 0 aliphatic rings. The van der Waals surface area contributed by atoms with Crippen LogP contribution in [0.4, 0.5) is 13.2 Å². The number of esters is 1. The molecule has 0 atom stereocenters. The largest absolute Gasteiger partial charge is 0.573 e. The molecule has 6 nitrogen and oxygen atoms in total. The van der Waals surface area contributed by atoms with E-state index in [1.165, 1.54) is 6.92 Å². The smallest absolute Gasteiger partial charge is 0.503 e. The minimum Gasteiger partial charge on any atom is -0.503 e. The number of hydrogen-bond donors (Lipinski definition) is 1. The number of methoxy groups -OCH3 is 1. The maximum atomic E-state index is 12.1. The lowest BCUT2D eigenvalue weighted by molar-refractivity contribution is -0.275. The summed E-state index contributed by atoms with van der Waals surface area (Å²) in [6, 6.07) is 0.700. The van der Waals surface area contributed by atoms with Crippen molar-refractivity contribution in [2.75, 3.05) is 13.7 Å². The van der Waals surface area contributed by atoms with Gasteiger partial charge in [-0.25, -0.2) is 9.78 Å². The Morgan fingerprint density at radius 3 is 2.58 bits per heavy atom. The summed E-state index contributed by atoms with van der Waals surface area (Å²) >= 11 is 0. The predicted molar refractivity (Wildman–Crippen MR) is 55.1 cm³/mol. The number of ether oxygens (including phenoxy) is 3. The Balaban J connectivity index is 3.24. The molecule has 0 fully saturated rings. The van der Waals surface area contributed by atoms with E-state index in [-0.39, 0.29) is 12.5 Å². The molecular weight excluding hydrogens is 271 g/mol. The van der Waals surface area contributed by atoms with Gasteiger partial charge in [-0.05, 0) is 6.92 Å². The Labute approximate surface area is 105 Å². The molecule has 0 aliphatic carbocycles. The molecule has 19 heavy (non-hydrogen) atoms. The number of carbonyl (C=O) groups excluding carboxylic acids is 1. The fraction of sp³-hybridized carbons (Fsp3) is 0.400. The van der Waals surface area contributed by atoms with E-state index in [9.17, 15) is 23.1 Å². The number of nitrogens with zero attached hydrogens (tertiary/aromatic N) is 1. The average molecular weight is 281 g/mol. The highest BCUT2D eigenvalue weighted by Gasteiger charge is 2.34. The number of pyridine rings is 1. The van der Waals surface area contributed by atoms with E-state index in [2.05, 4.69) is 19.2 Å². The van der Waals surface area contributed by atoms with Gasteiger partial charge in [0.15, 0.2) is 17.2 Å². The third-order valence-electron chi connectivity index (χ3n) is 1.84. The topological polar surface area (TPSA) is 77.9 Å². The average Bonchev–Trinajstić information content (AvgIpc) is 2.30. The molecule has 0 saturated heterocycles. The third kappa shape index (κ3) is 3.90. The summed E-state index contributed by atoms with van der Waals surface area (Å²) in [5.74, 6) is -3.50. The Bertz CT molecular complexity index is 475. The second-order valence-corrected chi connectivity index (χ2v) is 3.13. The molecule has 1 aromatic rings. The van der Waals surface area contributed by atoms with Gasteiger partial charge in [-0.2, -0.15) is 0 Å². The molecule has 0 aromatic carbocycles. The zero-order valence-electron chi connectivity index (χ0n) is 9.95. The van der Waals surface area contributed by atoms with Crippen molar-refractivity contribution in [2.24, 2.45) is 0 Å². The summed E-state index contributed by atoms with van der Waals surface area (Å²) in [5.41, 5.74) is -0.722. The van der Waals surface area contributed by atoms with E-state index in [1.807, 2.05) is 0 Å². The van der Waals surface area contributed by atoms with Crippen molar-refractivity contribution in [1.82, 2.24) is 4.98 Å². The molecule has 1 N–H and O–H groups in total. The maximum Gasteiger partial charge on any atom is 0.573 e. The molecule has 1 heterocycles. The van der Waals surface area contributed by atoms with Crippen LogP contribution in [-0.4, -0.2) is 36.1 Å². The highest BCUT2D eigenvalue weighted by molar-refractivity contribution is 5.91. The molecule has 0 radical (unpaired) electrons. The summed E-state index contributed by atoms with van der Waals surface area (Å²) in [4.78, 5) is 14.9. The van der Waals surface area contributed by atoms with Crippen molar-refractivity contribution in [3.8, 4) is 17.4 Å². The van der Waals surface area contributed by atoms with Gasteiger partial charge in [0.05, 0.1) is 13.7 Å². The Hall–Kier alpha value is -2.19. The van der Waals surface area contributed by atoms with Crippen molar-refractivity contribution in [3.63, 3.8) is 0 Å². The van der Waals surface area contributed by atoms with Crippen LogP contribution in [-0.2, 0) is 4.74 Å². The monoisotopic (exact) mass is 281 g/mol. The first-order valence-corrected chi connectivity index (χ1v) is 4.99. The van der Waals surface area contributed by atoms with Gasteiger partial charge in [-0.15, -0.1) is 13.2 Å². The van der Waals surface area contributed by atoms with Crippen LogP contribution in [0.3, 0.4) is 0 Å². The van der Waals surface area contributed by atoms with Crippen molar-refractivity contribution >= 4 is 5.97 Å². The number of aromatic hydroxyl groups is 1. The summed E-state index contributed by atoms with van der Waals surface area (Å²) in [6.45, 7) is 1.45. The molecule has 0 spiro atoms. The number of hydrogen-bond acceptors (Lipinski definition) is 6. The lowest BCUT2D eigenvalue weighted by Crippen LogP contribution is -2.18. The van der Waals surface area contributed by atoms with E-state index >= 15 is 0 Å².